The zero-order valence-electron chi connectivity index (χ0n) is 11.9. The van der Waals surface area contributed by atoms with Crippen molar-refractivity contribution in [3.63, 3.8) is 0 Å². The molecular formula is C16H14FNO3S. The number of aromatic nitrogens is 1. The molecule has 6 heteroatoms. The number of carbonyl (C=O) groups is 1. The quantitative estimate of drug-likeness (QED) is 0.816. The Kier molecular flexibility index (Phi) is 3.29. The topological polar surface area (TPSA) is 56.1 Å². The third kappa shape index (κ3) is 1.87. The standard InChI is InChI=1S/C16H14FNO3S/c1-16(9-5-4-8-15(16)17)22(20,21)18-10-12(11-19)13-6-2-3-7-14(13)18/h2-8,10-11H,9H2,1H3. The van der Waals surface area contributed by atoms with Crippen LogP contribution < -0.4 is 0 Å². The van der Waals surface area contributed by atoms with Gasteiger partial charge in [0.15, 0.2) is 6.29 Å². The monoisotopic (exact) mass is 319 g/mol. The van der Waals surface area contributed by atoms with E-state index >= 15 is 0 Å². The van der Waals surface area contributed by atoms with Crippen molar-refractivity contribution in [1.29, 1.82) is 0 Å². The average molecular weight is 319 g/mol. The first-order valence-electron chi connectivity index (χ1n) is 6.75. The Hall–Kier alpha value is -2.21. The number of allylic oxidation sites excluding steroid dienone is 3. The van der Waals surface area contributed by atoms with E-state index in [2.05, 4.69) is 0 Å². The molecule has 0 amide bonds. The SMILES string of the molecule is CC1(S(=O)(=O)n2cc(C=O)c3ccccc32)CC=CC=C1F. The molecule has 0 fully saturated rings. The molecule has 0 aliphatic heterocycles. The van der Waals surface area contributed by atoms with Crippen LogP contribution in [0.4, 0.5) is 4.39 Å². The molecule has 114 valence electrons. The molecule has 2 aromatic rings. The summed E-state index contributed by atoms with van der Waals surface area (Å²) in [7, 11) is -4.06. The van der Waals surface area contributed by atoms with Gasteiger partial charge >= 0.3 is 0 Å². The molecule has 0 N–H and O–H groups in total. The lowest BCUT2D eigenvalue weighted by Gasteiger charge is -2.29. The average Bonchev–Trinajstić information content (AvgIpc) is 2.89. The van der Waals surface area contributed by atoms with E-state index in [4.69, 9.17) is 0 Å². The molecule has 0 saturated heterocycles. The molecule has 0 radical (unpaired) electrons. The summed E-state index contributed by atoms with van der Waals surface area (Å²) in [6.45, 7) is 1.35. The van der Waals surface area contributed by atoms with Crippen molar-refractivity contribution in [1.82, 2.24) is 3.97 Å². The Morgan fingerprint density at radius 2 is 2.05 bits per heavy atom. The smallest absolute Gasteiger partial charge is 0.251 e. The van der Waals surface area contributed by atoms with Crippen LogP contribution in [0.25, 0.3) is 10.9 Å². The van der Waals surface area contributed by atoms with Crippen LogP contribution in [-0.4, -0.2) is 23.4 Å². The fourth-order valence-electron chi connectivity index (χ4n) is 2.63. The summed E-state index contributed by atoms with van der Waals surface area (Å²) in [6.07, 6.45) is 6.17. The van der Waals surface area contributed by atoms with Gasteiger partial charge in [-0.2, -0.15) is 0 Å². The Balaban J connectivity index is 2.29. The van der Waals surface area contributed by atoms with Crippen molar-refractivity contribution in [2.45, 2.75) is 18.1 Å². The summed E-state index contributed by atoms with van der Waals surface area (Å²) >= 11 is 0. The zero-order chi connectivity index (χ0) is 16.0. The predicted octanol–water partition coefficient (Wildman–Crippen LogP) is 3.20. The zero-order valence-corrected chi connectivity index (χ0v) is 12.7. The molecule has 1 aliphatic rings. The van der Waals surface area contributed by atoms with Gasteiger partial charge in [0.1, 0.15) is 10.6 Å². The maximum Gasteiger partial charge on any atom is 0.251 e. The minimum absolute atomic E-state index is 0.0423. The molecule has 0 bridgehead atoms. The number of nitrogens with zero attached hydrogens (tertiary/aromatic N) is 1. The molecule has 1 aromatic carbocycles. The second kappa shape index (κ2) is 4.91. The lowest BCUT2D eigenvalue weighted by molar-refractivity contribution is 0.112. The Labute approximate surface area is 127 Å². The number of hydrogen-bond acceptors (Lipinski definition) is 3. The van der Waals surface area contributed by atoms with Crippen molar-refractivity contribution in [3.05, 3.63) is 60.1 Å². The first-order valence-corrected chi connectivity index (χ1v) is 8.19. The Bertz CT molecular complexity index is 924. The highest BCUT2D eigenvalue weighted by Gasteiger charge is 2.45. The van der Waals surface area contributed by atoms with E-state index in [0.717, 1.165) is 10.0 Å². The van der Waals surface area contributed by atoms with E-state index in [-0.39, 0.29) is 12.0 Å². The van der Waals surface area contributed by atoms with Crippen LogP contribution in [0, 0.1) is 0 Å². The van der Waals surface area contributed by atoms with Crippen LogP contribution >= 0.6 is 0 Å². The summed E-state index contributed by atoms with van der Waals surface area (Å²) in [5, 5.41) is 0.528. The minimum atomic E-state index is -4.06. The highest BCUT2D eigenvalue weighted by molar-refractivity contribution is 7.91. The van der Waals surface area contributed by atoms with Crippen molar-refractivity contribution in [2.75, 3.05) is 0 Å². The molecule has 1 aliphatic carbocycles. The van der Waals surface area contributed by atoms with Crippen molar-refractivity contribution in [3.8, 4) is 0 Å². The van der Waals surface area contributed by atoms with Crippen molar-refractivity contribution in [2.24, 2.45) is 0 Å². The Morgan fingerprint density at radius 3 is 2.73 bits per heavy atom. The van der Waals surface area contributed by atoms with Crippen molar-refractivity contribution < 1.29 is 17.6 Å². The van der Waals surface area contributed by atoms with Crippen molar-refractivity contribution >= 4 is 27.2 Å². The molecule has 4 nitrogen and oxygen atoms in total. The molecule has 3 rings (SSSR count). The summed E-state index contributed by atoms with van der Waals surface area (Å²) in [4.78, 5) is 11.2. The molecule has 0 spiro atoms. The lowest BCUT2D eigenvalue weighted by Crippen LogP contribution is -2.40. The molecule has 1 atom stereocenters. The third-order valence-corrected chi connectivity index (χ3v) is 6.38. The van der Waals surface area contributed by atoms with Crippen LogP contribution in [0.15, 0.2) is 54.5 Å². The minimum Gasteiger partial charge on any atom is -0.298 e. The van der Waals surface area contributed by atoms with E-state index in [1.54, 1.807) is 30.3 Å². The number of benzene rings is 1. The van der Waals surface area contributed by atoms with Crippen LogP contribution in [0.5, 0.6) is 0 Å². The molecule has 0 saturated carbocycles. The van der Waals surface area contributed by atoms with Crippen LogP contribution in [0.3, 0.4) is 0 Å². The maximum atomic E-state index is 14.3. The molecule has 1 heterocycles. The number of halogens is 1. The summed E-state index contributed by atoms with van der Waals surface area (Å²) in [6, 6.07) is 6.67. The summed E-state index contributed by atoms with van der Waals surface area (Å²) in [5.74, 6) is -0.708. The summed E-state index contributed by atoms with van der Waals surface area (Å²) < 4.78 is 39.6. The number of hydrogen-bond donors (Lipinski definition) is 0. The van der Waals surface area contributed by atoms with E-state index < -0.39 is 20.6 Å². The summed E-state index contributed by atoms with van der Waals surface area (Å²) in [5.41, 5.74) is 0.631. The molecule has 1 aromatic heterocycles. The van der Waals surface area contributed by atoms with E-state index in [1.165, 1.54) is 19.2 Å². The van der Waals surface area contributed by atoms with Gasteiger partial charge in [0.05, 0.1) is 5.52 Å². The lowest BCUT2D eigenvalue weighted by atomic mass is 10.0. The van der Waals surface area contributed by atoms with Gasteiger partial charge in [0, 0.05) is 17.1 Å². The maximum absolute atomic E-state index is 14.3. The van der Waals surface area contributed by atoms with E-state index in [9.17, 15) is 17.6 Å². The number of fused-ring (bicyclic) bond motifs is 1. The van der Waals surface area contributed by atoms with Gasteiger partial charge in [0.2, 0.25) is 0 Å². The highest BCUT2D eigenvalue weighted by atomic mass is 32.2. The van der Waals surface area contributed by atoms with Gasteiger partial charge in [-0.05, 0) is 25.5 Å². The first kappa shape index (κ1) is 14.7. The number of carbonyl (C=O) groups excluding carboxylic acids is 1. The number of rotatable bonds is 3. The largest absolute Gasteiger partial charge is 0.298 e. The molecule has 22 heavy (non-hydrogen) atoms. The van der Waals surface area contributed by atoms with E-state index in [0.29, 0.717) is 17.2 Å². The molecule has 1 unspecified atom stereocenters. The highest BCUT2D eigenvalue weighted by Crippen LogP contribution is 2.37. The number of aldehydes is 1. The van der Waals surface area contributed by atoms with Gasteiger partial charge in [-0.25, -0.2) is 16.8 Å². The van der Waals surface area contributed by atoms with Crippen LogP contribution in [0.2, 0.25) is 0 Å². The second-order valence-corrected chi connectivity index (χ2v) is 7.64. The first-order chi connectivity index (χ1) is 10.4. The fraction of sp³-hybridized carbons (Fsp3) is 0.188. The fourth-order valence-corrected chi connectivity index (χ4v) is 4.36. The normalized spacial score (nSPS) is 21.8. The Morgan fingerprint density at radius 1 is 1.32 bits per heavy atom. The van der Waals surface area contributed by atoms with Crippen LogP contribution in [-0.2, 0) is 10.0 Å². The van der Waals surface area contributed by atoms with Crippen LogP contribution in [0.1, 0.15) is 23.7 Å². The number of para-hydroxylation sites is 1. The molecular weight excluding hydrogens is 305 g/mol. The van der Waals surface area contributed by atoms with Gasteiger partial charge < -0.3 is 0 Å². The second-order valence-electron chi connectivity index (χ2n) is 5.40. The van der Waals surface area contributed by atoms with E-state index in [1.807, 2.05) is 0 Å². The van der Waals surface area contributed by atoms with Gasteiger partial charge in [-0.1, -0.05) is 30.4 Å². The van der Waals surface area contributed by atoms with Gasteiger partial charge in [-0.15, -0.1) is 0 Å². The van der Waals surface area contributed by atoms with Gasteiger partial charge in [-0.3, -0.25) is 4.79 Å². The predicted molar refractivity (Wildman–Crippen MR) is 83.0 cm³/mol. The third-order valence-electron chi connectivity index (χ3n) is 4.06. The van der Waals surface area contributed by atoms with Gasteiger partial charge in [0.25, 0.3) is 10.0 Å².